The Hall–Kier alpha value is -3.54. The summed E-state index contributed by atoms with van der Waals surface area (Å²) in [5, 5.41) is 21.3. The molecule has 0 heterocycles. The lowest BCUT2D eigenvalue weighted by Gasteiger charge is -2.28. The summed E-state index contributed by atoms with van der Waals surface area (Å²) in [6, 6.07) is 9.84. The molecule has 0 fully saturated rings. The van der Waals surface area contributed by atoms with Crippen molar-refractivity contribution in [2.45, 2.75) is 66.2 Å². The fourth-order valence-electron chi connectivity index (χ4n) is 4.44. The number of carbonyl (C=O) groups is 2. The van der Waals surface area contributed by atoms with Crippen molar-refractivity contribution >= 4 is 11.9 Å². The fourth-order valence-corrected chi connectivity index (χ4v) is 4.44. The number of benzene rings is 1. The molecule has 192 valence electrons. The number of carbonyl (C=O) groups excluding carboxylic acids is 2. The molecule has 6 heteroatoms. The van der Waals surface area contributed by atoms with E-state index in [0.717, 1.165) is 0 Å². The molecule has 2 N–H and O–H groups in total. The summed E-state index contributed by atoms with van der Waals surface area (Å²) < 4.78 is 10.9. The van der Waals surface area contributed by atoms with Gasteiger partial charge in [-0.05, 0) is 77.8 Å². The number of fused-ring (bicyclic) bond motifs is 1. The molecule has 0 saturated heterocycles. The molecule has 2 aliphatic carbocycles. The zero-order valence-electron chi connectivity index (χ0n) is 22.4. The van der Waals surface area contributed by atoms with Crippen LogP contribution in [-0.2, 0) is 20.3 Å². The summed E-state index contributed by atoms with van der Waals surface area (Å²) in [7, 11) is 0. The molecule has 1 aromatic rings. The molecule has 2 aliphatic rings. The first-order chi connectivity index (χ1) is 16.7. The average molecular weight is 493 g/mol. The van der Waals surface area contributed by atoms with E-state index in [4.69, 9.17) is 9.47 Å². The van der Waals surface area contributed by atoms with Gasteiger partial charge in [-0.2, -0.15) is 0 Å². The van der Waals surface area contributed by atoms with Crippen LogP contribution in [0, 0.1) is 0 Å². The van der Waals surface area contributed by atoms with E-state index in [1.165, 1.54) is 12.1 Å². The number of hydrogen-bond acceptors (Lipinski definition) is 6. The maximum Gasteiger partial charge on any atom is 0.339 e. The van der Waals surface area contributed by atoms with Crippen molar-refractivity contribution in [1.82, 2.24) is 0 Å². The number of aromatic hydroxyl groups is 2. The topological polar surface area (TPSA) is 93.1 Å². The first-order valence-electron chi connectivity index (χ1n) is 12.2. The lowest BCUT2D eigenvalue weighted by atomic mass is 9.77. The average Bonchev–Trinajstić information content (AvgIpc) is 2.97. The molecule has 36 heavy (non-hydrogen) atoms. The van der Waals surface area contributed by atoms with E-state index in [1.54, 1.807) is 26.0 Å². The van der Waals surface area contributed by atoms with Gasteiger partial charge in [-0.3, -0.25) is 0 Å². The lowest BCUT2D eigenvalue weighted by molar-refractivity contribution is 0.0525. The van der Waals surface area contributed by atoms with Crippen molar-refractivity contribution in [2.75, 3.05) is 13.2 Å². The van der Waals surface area contributed by atoms with Crippen LogP contribution in [-0.4, -0.2) is 35.4 Å². The third kappa shape index (κ3) is 5.03. The Labute approximate surface area is 213 Å². The number of rotatable bonds is 5. The highest BCUT2D eigenvalue weighted by Gasteiger charge is 2.35. The zero-order chi connectivity index (χ0) is 27.0. The quantitative estimate of drug-likeness (QED) is 0.380. The minimum absolute atomic E-state index is 0.00737. The SMILES string of the molecule is CCOC(=O)c1c2ccc(O)ccc-2c(C(=O)OCC)c1-c1cc(C(C)(C)C)c(O)c(C(C)(C)C)c1. The number of hydrogen-bond donors (Lipinski definition) is 2. The van der Waals surface area contributed by atoms with Crippen LogP contribution in [0.1, 0.15) is 87.2 Å². The second-order valence-corrected chi connectivity index (χ2v) is 10.9. The van der Waals surface area contributed by atoms with Gasteiger partial charge in [-0.1, -0.05) is 41.5 Å². The van der Waals surface area contributed by atoms with Crippen LogP contribution >= 0.6 is 0 Å². The van der Waals surface area contributed by atoms with Gasteiger partial charge in [0.05, 0.1) is 24.3 Å². The van der Waals surface area contributed by atoms with Crippen molar-refractivity contribution < 1.29 is 29.3 Å². The van der Waals surface area contributed by atoms with Gasteiger partial charge >= 0.3 is 11.9 Å². The molecule has 0 aromatic heterocycles. The number of phenolic OH excluding ortho intramolecular Hbond substituents is 1. The minimum Gasteiger partial charge on any atom is -0.508 e. The van der Waals surface area contributed by atoms with E-state index in [1.807, 2.05) is 53.7 Å². The summed E-state index contributed by atoms with van der Waals surface area (Å²) in [5.74, 6) is -0.976. The first-order valence-corrected chi connectivity index (χ1v) is 12.2. The van der Waals surface area contributed by atoms with Gasteiger partial charge in [0.2, 0.25) is 0 Å². The van der Waals surface area contributed by atoms with Gasteiger partial charge in [-0.15, -0.1) is 0 Å². The van der Waals surface area contributed by atoms with E-state index >= 15 is 0 Å². The zero-order valence-corrected chi connectivity index (χ0v) is 22.4. The van der Waals surface area contributed by atoms with E-state index in [2.05, 4.69) is 0 Å². The van der Waals surface area contributed by atoms with Gasteiger partial charge < -0.3 is 19.7 Å². The second-order valence-electron chi connectivity index (χ2n) is 10.9. The van der Waals surface area contributed by atoms with Gasteiger partial charge in [0.15, 0.2) is 0 Å². The summed E-state index contributed by atoms with van der Waals surface area (Å²) in [6.45, 7) is 15.7. The molecule has 0 aliphatic heterocycles. The molecule has 0 spiro atoms. The summed E-state index contributed by atoms with van der Waals surface area (Å²) in [4.78, 5) is 26.8. The number of ether oxygens (including phenoxy) is 2. The standard InChI is InChI=1S/C30H36O6/c1-9-35-27(33)24-19-13-11-18(31)12-14-20(19)25(28(34)36-10-2)23(24)17-15-21(29(3,4)5)26(32)22(16-17)30(6,7)8/h11-16,31-32H,9-10H2,1-8H3. The molecule has 0 unspecified atom stereocenters. The van der Waals surface area contributed by atoms with Crippen LogP contribution in [0.25, 0.3) is 22.3 Å². The maximum atomic E-state index is 13.4. The molecule has 0 atom stereocenters. The third-order valence-corrected chi connectivity index (χ3v) is 6.14. The molecular weight excluding hydrogens is 456 g/mol. The van der Waals surface area contributed by atoms with Crippen molar-refractivity contribution in [3.8, 4) is 33.8 Å². The van der Waals surface area contributed by atoms with Crippen molar-refractivity contribution in [3.63, 3.8) is 0 Å². The molecule has 0 radical (unpaired) electrons. The highest BCUT2D eigenvalue weighted by Crippen LogP contribution is 2.48. The van der Waals surface area contributed by atoms with Gasteiger partial charge in [0.1, 0.15) is 11.5 Å². The van der Waals surface area contributed by atoms with Crippen molar-refractivity contribution in [3.05, 3.63) is 58.7 Å². The van der Waals surface area contributed by atoms with Crippen molar-refractivity contribution in [2.24, 2.45) is 0 Å². The fraction of sp³-hybridized carbons (Fsp3) is 0.400. The smallest absolute Gasteiger partial charge is 0.339 e. The molecule has 0 bridgehead atoms. The van der Waals surface area contributed by atoms with Crippen LogP contribution in [0.4, 0.5) is 0 Å². The minimum atomic E-state index is -0.582. The van der Waals surface area contributed by atoms with E-state index < -0.39 is 22.8 Å². The Morgan fingerprint density at radius 1 is 0.722 bits per heavy atom. The molecule has 1 aromatic carbocycles. The molecule has 0 amide bonds. The highest BCUT2D eigenvalue weighted by molar-refractivity contribution is 6.17. The van der Waals surface area contributed by atoms with Crippen LogP contribution in [0.2, 0.25) is 0 Å². The molecular formula is C30H36O6. The van der Waals surface area contributed by atoms with E-state index in [0.29, 0.717) is 33.4 Å². The Kier molecular flexibility index (Phi) is 7.40. The van der Waals surface area contributed by atoms with Crippen LogP contribution in [0.3, 0.4) is 0 Å². The molecule has 0 saturated carbocycles. The normalized spacial score (nSPS) is 12.0. The summed E-state index contributed by atoms with van der Waals surface area (Å²) in [5.41, 5.74) is 2.93. The molecule has 3 rings (SSSR count). The second kappa shape index (κ2) is 9.84. The van der Waals surface area contributed by atoms with E-state index in [-0.39, 0.29) is 35.8 Å². The number of esters is 2. The highest BCUT2D eigenvalue weighted by atomic mass is 16.5. The Morgan fingerprint density at radius 3 is 1.44 bits per heavy atom. The number of phenols is 1. The largest absolute Gasteiger partial charge is 0.508 e. The maximum absolute atomic E-state index is 13.4. The predicted octanol–water partition coefficient (Wildman–Crippen LogP) is 6.82. The summed E-state index contributed by atoms with van der Waals surface area (Å²) >= 11 is 0. The van der Waals surface area contributed by atoms with Gasteiger partial charge in [0, 0.05) is 16.7 Å². The van der Waals surface area contributed by atoms with Gasteiger partial charge in [-0.25, -0.2) is 9.59 Å². The lowest BCUT2D eigenvalue weighted by Crippen LogP contribution is -2.18. The first kappa shape index (κ1) is 27.1. The predicted molar refractivity (Wildman–Crippen MR) is 141 cm³/mol. The summed E-state index contributed by atoms with van der Waals surface area (Å²) in [6.07, 6.45) is 0. The van der Waals surface area contributed by atoms with Gasteiger partial charge in [0.25, 0.3) is 0 Å². The van der Waals surface area contributed by atoms with Crippen molar-refractivity contribution in [1.29, 1.82) is 0 Å². The van der Waals surface area contributed by atoms with Crippen LogP contribution in [0.5, 0.6) is 11.5 Å². The Morgan fingerprint density at radius 2 is 1.11 bits per heavy atom. The van der Waals surface area contributed by atoms with Crippen LogP contribution < -0.4 is 0 Å². The van der Waals surface area contributed by atoms with Crippen LogP contribution in [0.15, 0.2) is 36.4 Å². The van der Waals surface area contributed by atoms with E-state index in [9.17, 15) is 19.8 Å². The Bertz CT molecular complexity index is 1180. The third-order valence-electron chi connectivity index (χ3n) is 6.14. The monoisotopic (exact) mass is 492 g/mol. The Balaban J connectivity index is 2.59. The molecule has 6 nitrogen and oxygen atoms in total.